The number of hydrogen-bond donors (Lipinski definition) is 1. The standard InChI is InChI=1S/C18H20FN3O2/c19-16-4-2-1-3-14(16)5-7-21-18(23)17-13-15(6-8-20-17)22-9-11-24-12-10-22/h1-4,6,8,13H,5,7,9-12H2,(H,21,23)/p+1. The molecule has 3 rings (SSSR count). The molecule has 2 heterocycles. The van der Waals surface area contributed by atoms with Crippen LogP contribution < -0.4 is 15.2 Å². The number of halogens is 1. The minimum Gasteiger partial charge on any atom is -0.378 e. The van der Waals surface area contributed by atoms with E-state index in [-0.39, 0.29) is 11.7 Å². The summed E-state index contributed by atoms with van der Waals surface area (Å²) in [6.45, 7) is 3.41. The number of nitrogens with one attached hydrogen (secondary N) is 2. The molecule has 0 spiro atoms. The molecule has 2 aromatic rings. The monoisotopic (exact) mass is 330 g/mol. The third kappa shape index (κ3) is 4.08. The Morgan fingerprint density at radius 3 is 2.83 bits per heavy atom. The molecule has 0 atom stereocenters. The number of benzene rings is 1. The molecule has 24 heavy (non-hydrogen) atoms. The number of anilines is 1. The average molecular weight is 330 g/mol. The number of aromatic amines is 1. The first-order valence-electron chi connectivity index (χ1n) is 8.10. The van der Waals surface area contributed by atoms with Gasteiger partial charge < -0.3 is 15.0 Å². The van der Waals surface area contributed by atoms with Gasteiger partial charge in [-0.1, -0.05) is 18.2 Å². The lowest BCUT2D eigenvalue weighted by Gasteiger charge is -2.28. The van der Waals surface area contributed by atoms with Crippen LogP contribution in [-0.2, 0) is 11.2 Å². The van der Waals surface area contributed by atoms with Crippen LogP contribution in [0.5, 0.6) is 0 Å². The highest BCUT2D eigenvalue weighted by Crippen LogP contribution is 2.14. The molecule has 2 N–H and O–H groups in total. The minimum absolute atomic E-state index is 0.193. The molecule has 1 saturated heterocycles. The second-order valence-electron chi connectivity index (χ2n) is 5.66. The Balaban J connectivity index is 1.57. The Morgan fingerprint density at radius 1 is 1.25 bits per heavy atom. The van der Waals surface area contributed by atoms with Crippen LogP contribution in [0, 0.1) is 5.82 Å². The topological polar surface area (TPSA) is 55.7 Å². The van der Waals surface area contributed by atoms with Crippen LogP contribution in [0.2, 0.25) is 0 Å². The molecule has 0 bridgehead atoms. The van der Waals surface area contributed by atoms with Crippen LogP contribution in [0.1, 0.15) is 16.1 Å². The first-order valence-corrected chi connectivity index (χ1v) is 8.10. The van der Waals surface area contributed by atoms with Crippen molar-refractivity contribution in [2.24, 2.45) is 0 Å². The van der Waals surface area contributed by atoms with E-state index in [1.165, 1.54) is 6.07 Å². The molecule has 0 unspecified atom stereocenters. The lowest BCUT2D eigenvalue weighted by Crippen LogP contribution is -2.37. The molecule has 1 aromatic heterocycles. The molecular formula is C18H21FN3O2+. The van der Waals surface area contributed by atoms with Crippen molar-refractivity contribution < 1.29 is 18.9 Å². The zero-order chi connectivity index (χ0) is 16.8. The fourth-order valence-electron chi connectivity index (χ4n) is 2.71. The number of morpholine rings is 1. The van der Waals surface area contributed by atoms with E-state index in [1.807, 2.05) is 12.1 Å². The van der Waals surface area contributed by atoms with Crippen LogP contribution in [0.25, 0.3) is 0 Å². The van der Waals surface area contributed by atoms with Gasteiger partial charge in [0.1, 0.15) is 5.82 Å². The predicted octanol–water partition coefficient (Wildman–Crippen LogP) is 1.45. The van der Waals surface area contributed by atoms with Crippen molar-refractivity contribution in [1.82, 2.24) is 5.32 Å². The molecule has 126 valence electrons. The number of aromatic nitrogens is 1. The zero-order valence-corrected chi connectivity index (χ0v) is 13.4. The Kier molecular flexibility index (Phi) is 5.38. The van der Waals surface area contributed by atoms with E-state index >= 15 is 0 Å². The smallest absolute Gasteiger partial charge is 0.316 e. The largest absolute Gasteiger partial charge is 0.378 e. The molecule has 1 aliphatic rings. The van der Waals surface area contributed by atoms with E-state index in [0.29, 0.717) is 37.4 Å². The SMILES string of the molecule is O=C(NCCc1ccccc1F)c1cc(N2CCOCC2)cc[nH+]1. The van der Waals surface area contributed by atoms with E-state index in [1.54, 1.807) is 24.4 Å². The summed E-state index contributed by atoms with van der Waals surface area (Å²) in [6.07, 6.45) is 2.22. The molecule has 1 fully saturated rings. The van der Waals surface area contributed by atoms with Crippen molar-refractivity contribution in [2.45, 2.75) is 6.42 Å². The van der Waals surface area contributed by atoms with Crippen molar-refractivity contribution in [3.05, 3.63) is 59.7 Å². The zero-order valence-electron chi connectivity index (χ0n) is 13.4. The van der Waals surface area contributed by atoms with Crippen molar-refractivity contribution in [3.8, 4) is 0 Å². The summed E-state index contributed by atoms with van der Waals surface area (Å²) in [5, 5.41) is 2.82. The summed E-state index contributed by atoms with van der Waals surface area (Å²) in [5.74, 6) is -0.436. The van der Waals surface area contributed by atoms with Gasteiger partial charge in [-0.25, -0.2) is 9.37 Å². The molecule has 1 aliphatic heterocycles. The summed E-state index contributed by atoms with van der Waals surface area (Å²) in [5.41, 5.74) is 2.09. The highest BCUT2D eigenvalue weighted by molar-refractivity contribution is 5.91. The number of H-pyrrole nitrogens is 1. The first-order chi connectivity index (χ1) is 11.7. The maximum absolute atomic E-state index is 13.6. The van der Waals surface area contributed by atoms with Crippen LogP contribution in [-0.4, -0.2) is 38.8 Å². The fraction of sp³-hybridized carbons (Fsp3) is 0.333. The van der Waals surface area contributed by atoms with E-state index in [2.05, 4.69) is 15.2 Å². The Hall–Kier alpha value is -2.47. The van der Waals surface area contributed by atoms with Gasteiger partial charge in [-0.3, -0.25) is 4.79 Å². The van der Waals surface area contributed by atoms with Crippen molar-refractivity contribution in [1.29, 1.82) is 0 Å². The van der Waals surface area contributed by atoms with Crippen LogP contribution in [0.15, 0.2) is 42.6 Å². The predicted molar refractivity (Wildman–Crippen MR) is 88.5 cm³/mol. The van der Waals surface area contributed by atoms with Gasteiger partial charge in [-0.2, -0.15) is 0 Å². The van der Waals surface area contributed by atoms with Gasteiger partial charge >= 0.3 is 5.91 Å². The van der Waals surface area contributed by atoms with E-state index < -0.39 is 0 Å². The highest BCUT2D eigenvalue weighted by atomic mass is 19.1. The van der Waals surface area contributed by atoms with Crippen molar-refractivity contribution in [3.63, 3.8) is 0 Å². The number of ether oxygens (including phenoxy) is 1. The summed E-state index contributed by atoms with van der Waals surface area (Å²) in [4.78, 5) is 17.4. The summed E-state index contributed by atoms with van der Waals surface area (Å²) < 4.78 is 18.9. The number of carbonyl (C=O) groups excluding carboxylic acids is 1. The maximum atomic E-state index is 13.6. The van der Waals surface area contributed by atoms with Gasteiger partial charge in [-0.15, -0.1) is 0 Å². The van der Waals surface area contributed by atoms with Crippen LogP contribution in [0.4, 0.5) is 10.1 Å². The van der Waals surface area contributed by atoms with E-state index in [0.717, 1.165) is 18.8 Å². The summed E-state index contributed by atoms with van der Waals surface area (Å²) in [6, 6.07) is 10.4. The third-order valence-electron chi connectivity index (χ3n) is 4.04. The minimum atomic E-state index is -0.243. The van der Waals surface area contributed by atoms with Crippen molar-refractivity contribution in [2.75, 3.05) is 37.7 Å². The molecule has 6 heteroatoms. The van der Waals surface area contributed by atoms with Gasteiger partial charge in [0.15, 0.2) is 6.20 Å². The molecule has 1 amide bonds. The average Bonchev–Trinajstić information content (AvgIpc) is 2.64. The lowest BCUT2D eigenvalue weighted by atomic mass is 10.1. The maximum Gasteiger partial charge on any atom is 0.316 e. The lowest BCUT2D eigenvalue weighted by molar-refractivity contribution is -0.381. The number of hydrogen-bond acceptors (Lipinski definition) is 3. The molecular weight excluding hydrogens is 309 g/mol. The van der Waals surface area contributed by atoms with Crippen molar-refractivity contribution >= 4 is 11.6 Å². The van der Waals surface area contributed by atoms with Gasteiger partial charge in [-0.05, 0) is 18.1 Å². The second kappa shape index (κ2) is 7.88. The Morgan fingerprint density at radius 2 is 2.04 bits per heavy atom. The number of nitrogens with zero attached hydrogens (tertiary/aromatic N) is 1. The molecule has 0 aliphatic carbocycles. The third-order valence-corrected chi connectivity index (χ3v) is 4.04. The van der Waals surface area contributed by atoms with Crippen LogP contribution >= 0.6 is 0 Å². The fourth-order valence-corrected chi connectivity index (χ4v) is 2.71. The van der Waals surface area contributed by atoms with E-state index in [9.17, 15) is 9.18 Å². The quantitative estimate of drug-likeness (QED) is 0.903. The normalized spacial score (nSPS) is 14.5. The Bertz CT molecular complexity index is 702. The molecule has 5 nitrogen and oxygen atoms in total. The molecule has 0 saturated carbocycles. The van der Waals surface area contributed by atoms with Gasteiger partial charge in [0.05, 0.1) is 13.2 Å². The highest BCUT2D eigenvalue weighted by Gasteiger charge is 2.17. The first kappa shape index (κ1) is 16.4. The second-order valence-corrected chi connectivity index (χ2v) is 5.66. The number of carbonyl (C=O) groups is 1. The Labute approximate surface area is 140 Å². The van der Waals surface area contributed by atoms with Gasteiger partial charge in [0, 0.05) is 37.5 Å². The summed E-state index contributed by atoms with van der Waals surface area (Å²) >= 11 is 0. The summed E-state index contributed by atoms with van der Waals surface area (Å²) in [7, 11) is 0. The van der Waals surface area contributed by atoms with Crippen LogP contribution in [0.3, 0.4) is 0 Å². The number of rotatable bonds is 5. The van der Waals surface area contributed by atoms with Gasteiger partial charge in [0.25, 0.3) is 5.69 Å². The van der Waals surface area contributed by atoms with E-state index in [4.69, 9.17) is 4.74 Å². The van der Waals surface area contributed by atoms with Gasteiger partial charge in [0.2, 0.25) is 0 Å². The molecule has 0 radical (unpaired) electrons. The number of pyridine rings is 1. The molecule has 1 aromatic carbocycles. The number of amides is 1.